The third-order valence-electron chi connectivity index (χ3n) is 4.04. The predicted octanol–water partition coefficient (Wildman–Crippen LogP) is 1.86. The van der Waals surface area contributed by atoms with Crippen molar-refractivity contribution in [3.05, 3.63) is 34.9 Å². The Kier molecular flexibility index (Phi) is 5.01. The van der Waals surface area contributed by atoms with E-state index in [4.69, 9.17) is 10.5 Å². The summed E-state index contributed by atoms with van der Waals surface area (Å²) in [5.41, 5.74) is 9.19. The van der Waals surface area contributed by atoms with Crippen molar-refractivity contribution in [2.75, 3.05) is 13.2 Å². The molecule has 1 amide bonds. The lowest BCUT2D eigenvalue weighted by Gasteiger charge is -2.33. The summed E-state index contributed by atoms with van der Waals surface area (Å²) >= 11 is 0. The summed E-state index contributed by atoms with van der Waals surface area (Å²) in [7, 11) is 0. The average Bonchev–Trinajstić information content (AvgIpc) is 2.37. The van der Waals surface area contributed by atoms with Crippen LogP contribution in [0.15, 0.2) is 18.2 Å². The first kappa shape index (κ1) is 16.0. The highest BCUT2D eigenvalue weighted by molar-refractivity contribution is 5.86. The first-order valence-electron chi connectivity index (χ1n) is 7.64. The molecular weight excluding hydrogens is 264 g/mol. The fraction of sp³-hybridized carbons (Fsp3) is 0.588. The number of hydrogen-bond acceptors (Lipinski definition) is 3. The molecule has 1 heterocycles. The molecule has 1 unspecified atom stereocenters. The zero-order chi connectivity index (χ0) is 15.5. The number of hydrogen-bond donors (Lipinski definition) is 2. The lowest BCUT2D eigenvalue weighted by Crippen LogP contribution is -2.58. The van der Waals surface area contributed by atoms with E-state index in [1.807, 2.05) is 6.92 Å². The smallest absolute Gasteiger partial charge is 0.240 e. The van der Waals surface area contributed by atoms with Crippen LogP contribution < -0.4 is 11.1 Å². The SMILES string of the molecule is Cc1cc(C)cc(CC(C)NC(=O)C2(N)CCOCC2)c1. The van der Waals surface area contributed by atoms with E-state index in [2.05, 4.69) is 37.4 Å². The predicted molar refractivity (Wildman–Crippen MR) is 84.2 cm³/mol. The molecule has 1 aromatic rings. The monoisotopic (exact) mass is 290 g/mol. The van der Waals surface area contributed by atoms with E-state index in [0.717, 1.165) is 6.42 Å². The van der Waals surface area contributed by atoms with Gasteiger partial charge in [0.1, 0.15) is 0 Å². The second-order valence-corrected chi connectivity index (χ2v) is 6.34. The first-order valence-corrected chi connectivity index (χ1v) is 7.64. The molecule has 4 heteroatoms. The number of nitrogens with two attached hydrogens (primary N) is 1. The van der Waals surface area contributed by atoms with Crippen molar-refractivity contribution in [2.24, 2.45) is 5.73 Å². The Morgan fingerprint density at radius 3 is 2.43 bits per heavy atom. The van der Waals surface area contributed by atoms with E-state index in [0.29, 0.717) is 26.1 Å². The molecule has 1 fully saturated rings. The first-order chi connectivity index (χ1) is 9.89. The molecular formula is C17H26N2O2. The van der Waals surface area contributed by atoms with Crippen LogP contribution in [-0.2, 0) is 16.0 Å². The van der Waals surface area contributed by atoms with Crippen molar-refractivity contribution in [3.8, 4) is 0 Å². The zero-order valence-electron chi connectivity index (χ0n) is 13.2. The lowest BCUT2D eigenvalue weighted by atomic mass is 9.90. The second kappa shape index (κ2) is 6.58. The van der Waals surface area contributed by atoms with Crippen LogP contribution in [-0.4, -0.2) is 30.7 Å². The molecule has 1 aliphatic heterocycles. The van der Waals surface area contributed by atoms with Crippen LogP contribution in [0.1, 0.15) is 36.5 Å². The molecule has 0 aliphatic carbocycles. The number of nitrogens with one attached hydrogen (secondary N) is 1. The van der Waals surface area contributed by atoms with Crippen LogP contribution in [0.2, 0.25) is 0 Å². The highest BCUT2D eigenvalue weighted by atomic mass is 16.5. The van der Waals surface area contributed by atoms with Crippen molar-refractivity contribution in [1.29, 1.82) is 0 Å². The van der Waals surface area contributed by atoms with Crippen molar-refractivity contribution < 1.29 is 9.53 Å². The number of benzene rings is 1. The number of carbonyl (C=O) groups is 1. The average molecular weight is 290 g/mol. The normalized spacial score (nSPS) is 19.0. The highest BCUT2D eigenvalue weighted by Gasteiger charge is 2.36. The third-order valence-corrected chi connectivity index (χ3v) is 4.04. The van der Waals surface area contributed by atoms with Gasteiger partial charge in [-0.1, -0.05) is 29.3 Å². The summed E-state index contributed by atoms with van der Waals surface area (Å²) < 4.78 is 5.28. The summed E-state index contributed by atoms with van der Waals surface area (Å²) in [5, 5.41) is 3.06. The molecule has 0 spiro atoms. The highest BCUT2D eigenvalue weighted by Crippen LogP contribution is 2.18. The topological polar surface area (TPSA) is 64.4 Å². The van der Waals surface area contributed by atoms with Crippen LogP contribution in [0.3, 0.4) is 0 Å². The maximum atomic E-state index is 12.4. The van der Waals surface area contributed by atoms with E-state index in [1.165, 1.54) is 16.7 Å². The van der Waals surface area contributed by atoms with Crippen LogP contribution in [0, 0.1) is 13.8 Å². The number of carbonyl (C=O) groups excluding carboxylic acids is 1. The van der Waals surface area contributed by atoms with Gasteiger partial charge < -0.3 is 15.8 Å². The maximum Gasteiger partial charge on any atom is 0.240 e. The zero-order valence-corrected chi connectivity index (χ0v) is 13.2. The van der Waals surface area contributed by atoms with Gasteiger partial charge in [0.15, 0.2) is 0 Å². The number of amides is 1. The molecule has 21 heavy (non-hydrogen) atoms. The molecule has 4 nitrogen and oxygen atoms in total. The van der Waals surface area contributed by atoms with Gasteiger partial charge in [0.25, 0.3) is 0 Å². The molecule has 1 saturated heterocycles. The van der Waals surface area contributed by atoms with E-state index < -0.39 is 5.54 Å². The molecule has 0 bridgehead atoms. The summed E-state index contributed by atoms with van der Waals surface area (Å²) in [6.45, 7) is 7.34. The minimum atomic E-state index is -0.769. The van der Waals surface area contributed by atoms with Crippen molar-refractivity contribution in [3.63, 3.8) is 0 Å². The van der Waals surface area contributed by atoms with Crippen molar-refractivity contribution in [2.45, 2.75) is 51.6 Å². The summed E-state index contributed by atoms with van der Waals surface area (Å²) in [6, 6.07) is 6.57. The molecule has 0 radical (unpaired) electrons. The Balaban J connectivity index is 1.94. The van der Waals surface area contributed by atoms with E-state index in [-0.39, 0.29) is 11.9 Å². The number of aryl methyl sites for hydroxylation is 2. The van der Waals surface area contributed by atoms with Gasteiger partial charge in [0.05, 0.1) is 5.54 Å². The van der Waals surface area contributed by atoms with Gasteiger partial charge in [0, 0.05) is 19.3 Å². The Hall–Kier alpha value is -1.39. The quantitative estimate of drug-likeness (QED) is 0.889. The Morgan fingerprint density at radius 1 is 1.29 bits per heavy atom. The van der Waals surface area contributed by atoms with Gasteiger partial charge in [-0.05, 0) is 45.6 Å². The number of rotatable bonds is 4. The van der Waals surface area contributed by atoms with Gasteiger partial charge in [-0.3, -0.25) is 4.79 Å². The standard InChI is InChI=1S/C17H26N2O2/c1-12-8-13(2)10-15(9-12)11-14(3)19-16(20)17(18)4-6-21-7-5-17/h8-10,14H,4-7,11,18H2,1-3H3,(H,19,20). The molecule has 0 aromatic heterocycles. The van der Waals surface area contributed by atoms with Gasteiger partial charge >= 0.3 is 0 Å². The van der Waals surface area contributed by atoms with E-state index >= 15 is 0 Å². The number of ether oxygens (including phenoxy) is 1. The van der Waals surface area contributed by atoms with E-state index in [9.17, 15) is 4.79 Å². The van der Waals surface area contributed by atoms with Crippen LogP contribution in [0.4, 0.5) is 0 Å². The molecule has 1 atom stereocenters. The summed E-state index contributed by atoms with van der Waals surface area (Å²) in [6.07, 6.45) is 2.01. The van der Waals surface area contributed by atoms with Gasteiger partial charge in [-0.25, -0.2) is 0 Å². The molecule has 0 saturated carbocycles. The lowest BCUT2D eigenvalue weighted by molar-refractivity contribution is -0.130. The summed E-state index contributed by atoms with van der Waals surface area (Å²) in [4.78, 5) is 12.4. The van der Waals surface area contributed by atoms with Crippen LogP contribution in [0.5, 0.6) is 0 Å². The largest absolute Gasteiger partial charge is 0.381 e. The van der Waals surface area contributed by atoms with Gasteiger partial charge in [-0.15, -0.1) is 0 Å². The maximum absolute atomic E-state index is 12.4. The van der Waals surface area contributed by atoms with Gasteiger partial charge in [-0.2, -0.15) is 0 Å². The summed E-state index contributed by atoms with van der Waals surface area (Å²) in [5.74, 6) is -0.0531. The molecule has 3 N–H and O–H groups in total. The second-order valence-electron chi connectivity index (χ2n) is 6.34. The minimum absolute atomic E-state index is 0.0531. The Bertz CT molecular complexity index is 487. The molecule has 116 valence electrons. The van der Waals surface area contributed by atoms with Gasteiger partial charge in [0.2, 0.25) is 5.91 Å². The molecule has 1 aliphatic rings. The van der Waals surface area contributed by atoms with Crippen LogP contribution >= 0.6 is 0 Å². The minimum Gasteiger partial charge on any atom is -0.381 e. The fourth-order valence-corrected chi connectivity index (χ4v) is 2.92. The van der Waals surface area contributed by atoms with Crippen LogP contribution in [0.25, 0.3) is 0 Å². The Labute approximate surface area is 127 Å². The van der Waals surface area contributed by atoms with Crippen molar-refractivity contribution in [1.82, 2.24) is 5.32 Å². The van der Waals surface area contributed by atoms with E-state index in [1.54, 1.807) is 0 Å². The molecule has 2 rings (SSSR count). The molecule has 1 aromatic carbocycles. The van der Waals surface area contributed by atoms with Crippen molar-refractivity contribution >= 4 is 5.91 Å². The Morgan fingerprint density at radius 2 is 1.86 bits per heavy atom. The fourth-order valence-electron chi connectivity index (χ4n) is 2.92. The third kappa shape index (κ3) is 4.29.